The minimum Gasteiger partial charge on any atom is -0.481 e. The van der Waals surface area contributed by atoms with E-state index < -0.39 is 41.6 Å². The molecule has 0 unspecified atom stereocenters. The van der Waals surface area contributed by atoms with Gasteiger partial charge in [-0.1, -0.05) is 36.7 Å². The molecule has 1 aromatic carbocycles. The topological polar surface area (TPSA) is 141 Å². The first-order valence-electron chi connectivity index (χ1n) is 10.6. The molecule has 0 aliphatic carbocycles. The number of aromatic nitrogens is 3. The first-order valence-corrected chi connectivity index (χ1v) is 12.0. The summed E-state index contributed by atoms with van der Waals surface area (Å²) in [6, 6.07) is 8.35. The van der Waals surface area contributed by atoms with E-state index in [1.54, 1.807) is 48.0 Å². The molecule has 184 valence electrons. The monoisotopic (exact) mass is 613 g/mol. The number of hydrogen-bond donors (Lipinski definition) is 2. The summed E-state index contributed by atoms with van der Waals surface area (Å²) in [5.74, 6) is -3.60. The summed E-state index contributed by atoms with van der Waals surface area (Å²) >= 11 is 8.33. The molecule has 0 saturated carbocycles. The molecule has 0 spiro atoms. The molecule has 1 saturated heterocycles. The summed E-state index contributed by atoms with van der Waals surface area (Å²) in [5, 5.41) is 20.2. The fraction of sp³-hybridized carbons (Fsp3) is 0.348. The van der Waals surface area contributed by atoms with Crippen LogP contribution in [0.5, 0.6) is 0 Å². The molecule has 12 heteroatoms. The molecule has 0 bridgehead atoms. The lowest BCUT2D eigenvalue weighted by Gasteiger charge is -2.33. The van der Waals surface area contributed by atoms with Crippen molar-refractivity contribution in [3.05, 3.63) is 57.1 Å². The Balaban J connectivity index is 1.73. The molecule has 2 aromatic heterocycles. The number of rotatable bonds is 8. The van der Waals surface area contributed by atoms with Crippen molar-refractivity contribution in [2.45, 2.75) is 32.1 Å². The Morgan fingerprint density at radius 2 is 1.91 bits per heavy atom. The van der Waals surface area contributed by atoms with Gasteiger partial charge in [-0.3, -0.25) is 9.59 Å². The van der Waals surface area contributed by atoms with Gasteiger partial charge in [-0.15, -0.1) is 0 Å². The maximum atomic E-state index is 12.5. The maximum Gasteiger partial charge on any atom is 0.338 e. The number of aliphatic carboxylic acids is 2. The van der Waals surface area contributed by atoms with Crippen molar-refractivity contribution in [3.8, 4) is 0 Å². The van der Waals surface area contributed by atoms with Crippen molar-refractivity contribution < 1.29 is 34.1 Å². The van der Waals surface area contributed by atoms with Gasteiger partial charge in [-0.25, -0.2) is 14.8 Å². The van der Waals surface area contributed by atoms with Crippen molar-refractivity contribution in [2.75, 3.05) is 6.61 Å². The highest BCUT2D eigenvalue weighted by Gasteiger charge is 2.56. The van der Waals surface area contributed by atoms with Gasteiger partial charge in [0.1, 0.15) is 36.1 Å². The van der Waals surface area contributed by atoms with E-state index in [4.69, 9.17) is 21.1 Å². The predicted octanol–water partition coefficient (Wildman–Crippen LogP) is 4.02. The second-order valence-electron chi connectivity index (χ2n) is 8.51. The van der Waals surface area contributed by atoms with Gasteiger partial charge in [0, 0.05) is 21.1 Å². The number of fused-ring (bicyclic) bond motifs is 1. The molecule has 1 fully saturated rings. The van der Waals surface area contributed by atoms with E-state index in [-0.39, 0.29) is 24.6 Å². The molecule has 10 nitrogen and oxygen atoms in total. The number of benzene rings is 1. The second-order valence-corrected chi connectivity index (χ2v) is 10.0. The summed E-state index contributed by atoms with van der Waals surface area (Å²) in [4.78, 5) is 44.5. The Bertz CT molecular complexity index is 1280. The van der Waals surface area contributed by atoms with Crippen LogP contribution in [0.25, 0.3) is 11.0 Å². The zero-order valence-corrected chi connectivity index (χ0v) is 21.3. The highest BCUT2D eigenvalue weighted by Crippen LogP contribution is 2.53. The number of carboxylic acid groups (broad SMARTS) is 2. The van der Waals surface area contributed by atoms with Crippen LogP contribution in [0.4, 0.5) is 0 Å². The largest absolute Gasteiger partial charge is 0.481 e. The van der Waals surface area contributed by atoms with E-state index >= 15 is 0 Å². The van der Waals surface area contributed by atoms with E-state index in [0.29, 0.717) is 16.6 Å². The average Bonchev–Trinajstić information content (AvgIpc) is 3.27. The standard InChI is InChI=1S/C23H21ClIN3O7/c1-23(8-17(31)32)13(7-16(29)30)21(28-9-14(25)18-19(24)26-11-27-20(18)28)35-15(23)10-34-22(33)12-5-3-2-4-6-12/h2-6,9,11,13,15,21H,7-8,10H2,1H3,(H,29,30)(H,31,32)/t13-,15-,21+,23+/m0/s1. The zero-order chi connectivity index (χ0) is 25.3. The van der Waals surface area contributed by atoms with Crippen LogP contribution in [-0.4, -0.2) is 55.4 Å². The van der Waals surface area contributed by atoms with Crippen LogP contribution in [0, 0.1) is 14.9 Å². The Morgan fingerprint density at radius 3 is 2.57 bits per heavy atom. The SMILES string of the molecule is C[C@]1(CC(=O)O)[C@H](COC(=O)c2ccccc2)O[C@@H](n2cc(I)c3c(Cl)ncnc32)[C@@H]1CC(=O)O. The number of hydrogen-bond acceptors (Lipinski definition) is 7. The van der Waals surface area contributed by atoms with E-state index in [2.05, 4.69) is 32.6 Å². The van der Waals surface area contributed by atoms with E-state index in [1.165, 1.54) is 6.33 Å². The molecule has 4 atom stereocenters. The summed E-state index contributed by atoms with van der Waals surface area (Å²) in [7, 11) is 0. The molecule has 2 N–H and O–H groups in total. The number of carboxylic acids is 2. The van der Waals surface area contributed by atoms with Crippen molar-refractivity contribution in [2.24, 2.45) is 11.3 Å². The fourth-order valence-corrected chi connectivity index (χ4v) is 5.76. The van der Waals surface area contributed by atoms with Crippen molar-refractivity contribution in [1.29, 1.82) is 0 Å². The Morgan fingerprint density at radius 1 is 1.20 bits per heavy atom. The summed E-state index contributed by atoms with van der Waals surface area (Å²) in [6.45, 7) is 1.39. The summed E-state index contributed by atoms with van der Waals surface area (Å²) in [5.41, 5.74) is -0.416. The van der Waals surface area contributed by atoms with Crippen LogP contribution < -0.4 is 0 Å². The minimum absolute atomic E-state index is 0.229. The zero-order valence-electron chi connectivity index (χ0n) is 18.4. The molecule has 35 heavy (non-hydrogen) atoms. The molecule has 1 aliphatic rings. The normalized spacial score (nSPS) is 23.9. The number of ether oxygens (including phenoxy) is 2. The van der Waals surface area contributed by atoms with Crippen molar-refractivity contribution in [1.82, 2.24) is 14.5 Å². The Labute approximate surface area is 218 Å². The lowest BCUT2D eigenvalue weighted by Crippen LogP contribution is -2.40. The van der Waals surface area contributed by atoms with Crippen molar-refractivity contribution in [3.63, 3.8) is 0 Å². The highest BCUT2D eigenvalue weighted by molar-refractivity contribution is 14.1. The van der Waals surface area contributed by atoms with Crippen LogP contribution in [0.3, 0.4) is 0 Å². The number of nitrogens with zero attached hydrogens (tertiary/aromatic N) is 3. The van der Waals surface area contributed by atoms with Gasteiger partial charge in [-0.05, 0) is 34.7 Å². The lowest BCUT2D eigenvalue weighted by atomic mass is 9.70. The Hall–Kier alpha value is -2.77. The molecular weight excluding hydrogens is 593 g/mol. The molecule has 4 rings (SSSR count). The molecule has 3 aromatic rings. The predicted molar refractivity (Wildman–Crippen MR) is 132 cm³/mol. The first kappa shape index (κ1) is 25.3. The minimum atomic E-state index is -1.18. The van der Waals surface area contributed by atoms with Gasteiger partial charge in [0.2, 0.25) is 0 Å². The molecule has 3 heterocycles. The number of carbonyl (C=O) groups is 3. The number of esters is 1. The number of halogens is 2. The fourth-order valence-electron chi connectivity index (χ4n) is 4.57. The molecule has 1 aliphatic heterocycles. The summed E-state index contributed by atoms with van der Waals surface area (Å²) < 4.78 is 14.1. The Kier molecular flexibility index (Phi) is 7.29. The van der Waals surface area contributed by atoms with Crippen LogP contribution in [0.1, 0.15) is 36.4 Å². The number of carbonyl (C=O) groups excluding carboxylic acids is 1. The lowest BCUT2D eigenvalue weighted by molar-refractivity contribution is -0.144. The van der Waals surface area contributed by atoms with Gasteiger partial charge in [0.15, 0.2) is 0 Å². The van der Waals surface area contributed by atoms with Crippen LogP contribution in [-0.2, 0) is 19.1 Å². The van der Waals surface area contributed by atoms with Gasteiger partial charge >= 0.3 is 17.9 Å². The molecular formula is C23H21ClIN3O7. The van der Waals surface area contributed by atoms with Gasteiger partial charge in [0.25, 0.3) is 0 Å². The summed E-state index contributed by atoms with van der Waals surface area (Å²) in [6.07, 6.45) is 0.452. The average molecular weight is 614 g/mol. The van der Waals surface area contributed by atoms with Crippen LogP contribution in [0.15, 0.2) is 42.9 Å². The van der Waals surface area contributed by atoms with E-state index in [1.807, 2.05) is 0 Å². The van der Waals surface area contributed by atoms with Gasteiger partial charge < -0.3 is 24.3 Å². The highest BCUT2D eigenvalue weighted by atomic mass is 127. The van der Waals surface area contributed by atoms with Gasteiger partial charge in [0.05, 0.1) is 23.8 Å². The first-order chi connectivity index (χ1) is 16.6. The quantitative estimate of drug-likeness (QED) is 0.219. The van der Waals surface area contributed by atoms with Gasteiger partial charge in [-0.2, -0.15) is 0 Å². The van der Waals surface area contributed by atoms with Crippen LogP contribution in [0.2, 0.25) is 5.15 Å². The second kappa shape index (κ2) is 10.1. The maximum absolute atomic E-state index is 12.5. The van der Waals surface area contributed by atoms with E-state index in [0.717, 1.165) is 3.57 Å². The van der Waals surface area contributed by atoms with Crippen molar-refractivity contribution >= 4 is 63.1 Å². The molecule has 0 radical (unpaired) electrons. The smallest absolute Gasteiger partial charge is 0.338 e. The van der Waals surface area contributed by atoms with E-state index in [9.17, 15) is 24.6 Å². The molecule has 0 amide bonds. The van der Waals surface area contributed by atoms with Crippen LogP contribution >= 0.6 is 34.2 Å². The third-order valence-corrected chi connectivity index (χ3v) is 7.43. The third kappa shape index (κ3) is 4.98. The third-order valence-electron chi connectivity index (χ3n) is 6.32.